The fraction of sp³-hybridized carbons (Fsp3) is 0.321. The molecule has 0 saturated heterocycles. The lowest BCUT2D eigenvalue weighted by atomic mass is 9.61. The highest BCUT2D eigenvalue weighted by Crippen LogP contribution is 2.52. The zero-order valence-corrected chi connectivity index (χ0v) is 24.4. The number of halogens is 1. The SMILES string of the molecule is COC(=O)C1=C(C)NC(C)C(C(=O)OC)(c2ccccc2)C1c1nc(-c2cc(Br)c(OC)cc2OC)cs1. The standard InChI is InChI=1S/C28H29BrN2O6S/c1-15-23(26(32)36-5)24(28(16(2)30-15,27(33)37-6)17-10-8-7-9-11-17)25-31-20(14-38-25)18-12-19(29)22(35-4)13-21(18)34-3/h7-14,16,24,30H,1-6H3. The van der Waals surface area contributed by atoms with Crippen molar-refractivity contribution in [2.75, 3.05) is 28.4 Å². The summed E-state index contributed by atoms with van der Waals surface area (Å²) in [4.78, 5) is 32.1. The molecule has 0 spiro atoms. The molecule has 0 amide bonds. The molecular weight excluding hydrogens is 572 g/mol. The zero-order chi connectivity index (χ0) is 27.6. The summed E-state index contributed by atoms with van der Waals surface area (Å²) in [6, 6.07) is 12.5. The lowest BCUT2D eigenvalue weighted by Gasteiger charge is -2.47. The number of hydrogen-bond donors (Lipinski definition) is 1. The normalized spacial score (nSPS) is 20.9. The minimum atomic E-state index is -1.31. The van der Waals surface area contributed by atoms with Crippen molar-refractivity contribution in [3.8, 4) is 22.8 Å². The summed E-state index contributed by atoms with van der Waals surface area (Å²) in [6.45, 7) is 3.71. The molecule has 0 saturated carbocycles. The first-order chi connectivity index (χ1) is 18.2. The minimum Gasteiger partial charge on any atom is -0.496 e. The molecule has 2 aromatic carbocycles. The highest BCUT2D eigenvalue weighted by molar-refractivity contribution is 9.10. The first kappa shape index (κ1) is 27.7. The van der Waals surface area contributed by atoms with Crippen molar-refractivity contribution in [2.45, 2.75) is 31.2 Å². The van der Waals surface area contributed by atoms with Gasteiger partial charge in [-0.2, -0.15) is 0 Å². The van der Waals surface area contributed by atoms with Crippen LogP contribution in [0.2, 0.25) is 0 Å². The number of allylic oxidation sites excluding steroid dienone is 1. The Labute approximate surface area is 234 Å². The molecule has 3 atom stereocenters. The Morgan fingerprint density at radius 2 is 1.71 bits per heavy atom. The van der Waals surface area contributed by atoms with Crippen LogP contribution < -0.4 is 14.8 Å². The van der Waals surface area contributed by atoms with Gasteiger partial charge in [-0.1, -0.05) is 30.3 Å². The fourth-order valence-corrected chi connectivity index (χ4v) is 6.73. The number of hydrogen-bond acceptors (Lipinski definition) is 9. The summed E-state index contributed by atoms with van der Waals surface area (Å²) in [5.74, 6) is -0.620. The molecule has 1 N–H and O–H groups in total. The molecule has 3 aromatic rings. The van der Waals surface area contributed by atoms with Gasteiger partial charge >= 0.3 is 11.9 Å². The Hall–Kier alpha value is -3.37. The van der Waals surface area contributed by atoms with Crippen LogP contribution in [-0.2, 0) is 24.5 Å². The number of rotatable bonds is 7. The van der Waals surface area contributed by atoms with E-state index in [2.05, 4.69) is 21.2 Å². The van der Waals surface area contributed by atoms with Crippen LogP contribution in [-0.4, -0.2) is 51.4 Å². The molecule has 0 radical (unpaired) electrons. The molecule has 10 heteroatoms. The van der Waals surface area contributed by atoms with E-state index in [1.807, 2.05) is 48.7 Å². The van der Waals surface area contributed by atoms with Gasteiger partial charge < -0.3 is 24.3 Å². The Morgan fingerprint density at radius 3 is 2.32 bits per heavy atom. The number of methoxy groups -OCH3 is 4. The number of benzene rings is 2. The van der Waals surface area contributed by atoms with Crippen molar-refractivity contribution in [3.63, 3.8) is 0 Å². The number of thiazole rings is 1. The van der Waals surface area contributed by atoms with Crippen LogP contribution in [0, 0.1) is 0 Å². The molecule has 0 bridgehead atoms. The molecular formula is C28H29BrN2O6S. The van der Waals surface area contributed by atoms with Gasteiger partial charge in [-0.25, -0.2) is 9.78 Å². The van der Waals surface area contributed by atoms with Crippen molar-refractivity contribution in [1.82, 2.24) is 10.3 Å². The van der Waals surface area contributed by atoms with E-state index in [1.54, 1.807) is 27.2 Å². The van der Waals surface area contributed by atoms with E-state index in [-0.39, 0.29) is 0 Å². The van der Waals surface area contributed by atoms with Crippen molar-refractivity contribution in [1.29, 1.82) is 0 Å². The molecule has 8 nitrogen and oxygen atoms in total. The van der Waals surface area contributed by atoms with Crippen molar-refractivity contribution in [2.24, 2.45) is 0 Å². The zero-order valence-electron chi connectivity index (χ0n) is 22.0. The summed E-state index contributed by atoms with van der Waals surface area (Å²) in [6.07, 6.45) is 0. The smallest absolute Gasteiger partial charge is 0.336 e. The summed E-state index contributed by atoms with van der Waals surface area (Å²) >= 11 is 4.89. The summed E-state index contributed by atoms with van der Waals surface area (Å²) in [5, 5.41) is 5.79. The number of carbonyl (C=O) groups is 2. The molecule has 38 heavy (non-hydrogen) atoms. The maximum Gasteiger partial charge on any atom is 0.336 e. The Balaban J connectivity index is 2.01. The molecule has 0 fully saturated rings. The topological polar surface area (TPSA) is 96.0 Å². The van der Waals surface area contributed by atoms with Gasteiger partial charge in [0.25, 0.3) is 0 Å². The molecule has 200 valence electrons. The highest BCUT2D eigenvalue weighted by atomic mass is 79.9. The monoisotopic (exact) mass is 600 g/mol. The number of carbonyl (C=O) groups excluding carboxylic acids is 2. The van der Waals surface area contributed by atoms with Crippen LogP contribution in [0.15, 0.2) is 63.6 Å². The number of ether oxygens (including phenoxy) is 4. The molecule has 3 unspecified atom stereocenters. The van der Waals surface area contributed by atoms with E-state index in [9.17, 15) is 9.59 Å². The molecule has 1 aliphatic heterocycles. The molecule has 2 heterocycles. The van der Waals surface area contributed by atoms with Gasteiger partial charge in [-0.3, -0.25) is 4.79 Å². The van der Waals surface area contributed by atoms with Gasteiger partial charge in [-0.05, 0) is 41.4 Å². The summed E-state index contributed by atoms with van der Waals surface area (Å²) in [5.41, 5.74) is 1.69. The lowest BCUT2D eigenvalue weighted by Crippen LogP contribution is -2.60. The molecule has 0 aliphatic carbocycles. The van der Waals surface area contributed by atoms with E-state index < -0.39 is 29.3 Å². The Bertz CT molecular complexity index is 1390. The van der Waals surface area contributed by atoms with Crippen molar-refractivity contribution >= 4 is 39.2 Å². The van der Waals surface area contributed by atoms with E-state index in [1.165, 1.54) is 25.6 Å². The third-order valence-corrected chi connectivity index (χ3v) is 8.49. The van der Waals surface area contributed by atoms with E-state index in [0.717, 1.165) is 10.0 Å². The van der Waals surface area contributed by atoms with Crippen LogP contribution in [0.25, 0.3) is 11.3 Å². The third kappa shape index (κ3) is 4.45. The summed E-state index contributed by atoms with van der Waals surface area (Å²) in [7, 11) is 5.84. The van der Waals surface area contributed by atoms with Crippen molar-refractivity contribution in [3.05, 3.63) is 74.2 Å². The van der Waals surface area contributed by atoms with Crippen molar-refractivity contribution < 1.29 is 28.5 Å². The summed E-state index contributed by atoms with van der Waals surface area (Å²) < 4.78 is 22.4. The molecule has 4 rings (SSSR count). The molecule has 1 aliphatic rings. The fourth-order valence-electron chi connectivity index (χ4n) is 5.23. The van der Waals surface area contributed by atoms with Gasteiger partial charge in [0.05, 0.1) is 50.1 Å². The quantitative estimate of drug-likeness (QED) is 0.369. The number of aromatic nitrogens is 1. The lowest BCUT2D eigenvalue weighted by molar-refractivity contribution is -0.150. The van der Waals surface area contributed by atoms with Gasteiger partial charge in [0, 0.05) is 28.7 Å². The van der Waals surface area contributed by atoms with Crippen LogP contribution >= 0.6 is 27.3 Å². The van der Waals surface area contributed by atoms with Crippen LogP contribution in [0.1, 0.15) is 30.3 Å². The van der Waals surface area contributed by atoms with Crippen LogP contribution in [0.3, 0.4) is 0 Å². The Morgan fingerprint density at radius 1 is 1.03 bits per heavy atom. The van der Waals surface area contributed by atoms with Gasteiger partial charge in [-0.15, -0.1) is 11.3 Å². The second-order valence-corrected chi connectivity index (χ2v) is 10.6. The van der Waals surface area contributed by atoms with E-state index in [4.69, 9.17) is 23.9 Å². The van der Waals surface area contributed by atoms with Crippen LogP contribution in [0.5, 0.6) is 11.5 Å². The maximum atomic E-state index is 13.8. The second kappa shape index (κ2) is 11.2. The number of nitrogens with one attached hydrogen (secondary N) is 1. The largest absolute Gasteiger partial charge is 0.496 e. The number of nitrogens with zero attached hydrogens (tertiary/aromatic N) is 1. The maximum absolute atomic E-state index is 13.8. The van der Waals surface area contributed by atoms with Gasteiger partial charge in [0.2, 0.25) is 0 Å². The average Bonchev–Trinajstić information content (AvgIpc) is 3.42. The highest BCUT2D eigenvalue weighted by Gasteiger charge is 2.59. The predicted molar refractivity (Wildman–Crippen MR) is 149 cm³/mol. The van der Waals surface area contributed by atoms with E-state index in [0.29, 0.717) is 39.0 Å². The predicted octanol–water partition coefficient (Wildman–Crippen LogP) is 5.22. The first-order valence-electron chi connectivity index (χ1n) is 11.8. The van der Waals surface area contributed by atoms with E-state index >= 15 is 0 Å². The number of esters is 2. The average molecular weight is 602 g/mol. The first-order valence-corrected chi connectivity index (χ1v) is 13.5. The third-order valence-electron chi connectivity index (χ3n) is 6.96. The van der Waals surface area contributed by atoms with Crippen LogP contribution in [0.4, 0.5) is 0 Å². The van der Waals surface area contributed by atoms with Gasteiger partial charge in [0.1, 0.15) is 21.9 Å². The van der Waals surface area contributed by atoms with Gasteiger partial charge in [0.15, 0.2) is 0 Å². The Kier molecular flexibility index (Phi) is 8.13. The minimum absolute atomic E-state index is 0.323. The second-order valence-electron chi connectivity index (χ2n) is 8.81. The molecule has 1 aromatic heterocycles.